The van der Waals surface area contributed by atoms with E-state index in [1.165, 1.54) is 103 Å². The van der Waals surface area contributed by atoms with Crippen LogP contribution in [-0.4, -0.2) is 44.7 Å². The van der Waals surface area contributed by atoms with Crippen molar-refractivity contribution >= 4 is 0 Å². The molecule has 0 bridgehead atoms. The molecule has 1 heterocycles. The maximum absolute atomic E-state index is 6.22. The van der Waals surface area contributed by atoms with Crippen LogP contribution in [0.5, 0.6) is 0 Å². The lowest BCUT2D eigenvalue weighted by molar-refractivity contribution is -0.00395. The van der Waals surface area contributed by atoms with Crippen molar-refractivity contribution in [3.63, 3.8) is 0 Å². The van der Waals surface area contributed by atoms with E-state index in [9.17, 15) is 0 Å². The molecular weight excluding hydrogens is 384 g/mol. The van der Waals surface area contributed by atoms with E-state index >= 15 is 0 Å². The Morgan fingerprint density at radius 3 is 2.06 bits per heavy atom. The fraction of sp³-hybridized carbons (Fsp3) is 1.00. The van der Waals surface area contributed by atoms with Gasteiger partial charge in [-0.15, -0.1) is 0 Å². The van der Waals surface area contributed by atoms with Gasteiger partial charge in [0.25, 0.3) is 0 Å². The topological polar surface area (TPSA) is 42.5 Å². The molecule has 3 rings (SSSR count). The molecule has 0 amide bonds. The lowest BCUT2D eigenvalue weighted by Crippen LogP contribution is -2.58. The van der Waals surface area contributed by atoms with Crippen LogP contribution in [0, 0.1) is 17.8 Å². The van der Waals surface area contributed by atoms with Crippen LogP contribution >= 0.6 is 0 Å². The second-order valence-electron chi connectivity index (χ2n) is 10.6. The zero-order chi connectivity index (χ0) is 21.7. The maximum Gasteiger partial charge on any atom is 0.0601 e. The molecule has 0 aromatic carbocycles. The molecule has 182 valence electrons. The van der Waals surface area contributed by atoms with E-state index in [1.807, 2.05) is 0 Å². The van der Waals surface area contributed by atoms with Gasteiger partial charge in [0, 0.05) is 26.3 Å². The summed E-state index contributed by atoms with van der Waals surface area (Å²) in [5.74, 6) is 2.41. The second-order valence-corrected chi connectivity index (χ2v) is 10.6. The first-order valence-corrected chi connectivity index (χ1v) is 14.0. The van der Waals surface area contributed by atoms with E-state index in [4.69, 9.17) is 9.47 Å². The standard InChI is InChI=1S/C27H52N2O2/c1-3-5-6-7-8-9-18-31-25-15-13-22(14-16-25)24-20-28-27(29-21-24)23-11-10-12-26(19-23)30-17-4-2/h22-29H,3-21H2,1-2H3. The van der Waals surface area contributed by atoms with E-state index in [0.29, 0.717) is 18.4 Å². The predicted octanol–water partition coefficient (Wildman–Crippen LogP) is 6.04. The van der Waals surface area contributed by atoms with Crippen molar-refractivity contribution in [2.75, 3.05) is 26.3 Å². The number of rotatable bonds is 13. The van der Waals surface area contributed by atoms with Gasteiger partial charge in [-0.1, -0.05) is 52.4 Å². The number of ether oxygens (including phenoxy) is 2. The highest BCUT2D eigenvalue weighted by Gasteiger charge is 2.34. The summed E-state index contributed by atoms with van der Waals surface area (Å²) < 4.78 is 12.3. The second kappa shape index (κ2) is 14.9. The minimum Gasteiger partial charge on any atom is -0.378 e. The smallest absolute Gasteiger partial charge is 0.0601 e. The molecule has 1 saturated heterocycles. The van der Waals surface area contributed by atoms with E-state index in [1.54, 1.807) is 0 Å². The fourth-order valence-electron chi connectivity index (χ4n) is 6.15. The summed E-state index contributed by atoms with van der Waals surface area (Å²) >= 11 is 0. The Morgan fingerprint density at radius 2 is 1.32 bits per heavy atom. The molecule has 2 atom stereocenters. The van der Waals surface area contributed by atoms with Gasteiger partial charge in [0.15, 0.2) is 0 Å². The average molecular weight is 437 g/mol. The molecule has 4 nitrogen and oxygen atoms in total. The lowest BCUT2D eigenvalue weighted by Gasteiger charge is -2.42. The summed E-state index contributed by atoms with van der Waals surface area (Å²) in [6.45, 7) is 8.80. The summed E-state index contributed by atoms with van der Waals surface area (Å²) in [5, 5.41) is 7.78. The van der Waals surface area contributed by atoms with E-state index in [-0.39, 0.29) is 0 Å². The Kier molecular flexibility index (Phi) is 12.2. The van der Waals surface area contributed by atoms with Crippen molar-refractivity contribution in [3.8, 4) is 0 Å². The van der Waals surface area contributed by atoms with Crippen LogP contribution in [0.3, 0.4) is 0 Å². The highest BCUT2D eigenvalue weighted by molar-refractivity contribution is 4.89. The third kappa shape index (κ3) is 8.95. The van der Waals surface area contributed by atoms with Gasteiger partial charge in [-0.25, -0.2) is 0 Å². The summed E-state index contributed by atoms with van der Waals surface area (Å²) in [7, 11) is 0. The first-order chi connectivity index (χ1) is 15.3. The molecule has 3 fully saturated rings. The zero-order valence-corrected chi connectivity index (χ0v) is 20.7. The third-order valence-electron chi connectivity index (χ3n) is 8.13. The fourth-order valence-corrected chi connectivity index (χ4v) is 6.15. The molecule has 0 spiro atoms. The monoisotopic (exact) mass is 436 g/mol. The normalized spacial score (nSPS) is 34.6. The molecule has 2 N–H and O–H groups in total. The van der Waals surface area contributed by atoms with Crippen LogP contribution in [0.25, 0.3) is 0 Å². The summed E-state index contributed by atoms with van der Waals surface area (Å²) in [4.78, 5) is 0. The van der Waals surface area contributed by atoms with Crippen LogP contribution in [-0.2, 0) is 9.47 Å². The number of unbranched alkanes of at least 4 members (excludes halogenated alkanes) is 5. The molecule has 0 aromatic rings. The first-order valence-electron chi connectivity index (χ1n) is 14.0. The van der Waals surface area contributed by atoms with Gasteiger partial charge in [-0.05, 0) is 75.5 Å². The van der Waals surface area contributed by atoms with Gasteiger partial charge < -0.3 is 20.1 Å². The Labute approximate surface area is 193 Å². The number of hydrogen-bond acceptors (Lipinski definition) is 4. The van der Waals surface area contributed by atoms with Crippen molar-refractivity contribution in [3.05, 3.63) is 0 Å². The number of nitrogens with one attached hydrogen (secondary N) is 2. The van der Waals surface area contributed by atoms with Gasteiger partial charge in [-0.3, -0.25) is 0 Å². The highest BCUT2D eigenvalue weighted by Crippen LogP contribution is 2.34. The zero-order valence-electron chi connectivity index (χ0n) is 20.7. The predicted molar refractivity (Wildman–Crippen MR) is 130 cm³/mol. The Balaban J connectivity index is 1.25. The quantitative estimate of drug-likeness (QED) is 0.345. The highest BCUT2D eigenvalue weighted by atomic mass is 16.5. The molecule has 0 aromatic heterocycles. The minimum atomic E-state index is 0.492. The molecule has 2 unspecified atom stereocenters. The van der Waals surface area contributed by atoms with Gasteiger partial charge in [0.05, 0.1) is 18.4 Å². The van der Waals surface area contributed by atoms with Crippen molar-refractivity contribution in [1.29, 1.82) is 0 Å². The molecule has 2 aliphatic carbocycles. The van der Waals surface area contributed by atoms with Crippen molar-refractivity contribution < 1.29 is 9.47 Å². The largest absolute Gasteiger partial charge is 0.378 e. The van der Waals surface area contributed by atoms with Crippen LogP contribution in [0.2, 0.25) is 0 Å². The van der Waals surface area contributed by atoms with E-state index < -0.39 is 0 Å². The SMILES string of the molecule is CCCCCCCCOC1CCC(C2CNC(C3CCCC(OCCC)C3)NC2)CC1. The van der Waals surface area contributed by atoms with Crippen LogP contribution in [0.15, 0.2) is 0 Å². The molecule has 4 heteroatoms. The summed E-state index contributed by atoms with van der Waals surface area (Å²) in [6.07, 6.45) is 21.2. The third-order valence-corrected chi connectivity index (χ3v) is 8.13. The molecular formula is C27H52N2O2. The van der Waals surface area contributed by atoms with Crippen LogP contribution in [0.1, 0.15) is 110 Å². The molecule has 3 aliphatic rings. The van der Waals surface area contributed by atoms with Gasteiger partial charge in [0.1, 0.15) is 0 Å². The molecule has 1 aliphatic heterocycles. The van der Waals surface area contributed by atoms with Gasteiger partial charge in [-0.2, -0.15) is 0 Å². The van der Waals surface area contributed by atoms with Crippen LogP contribution < -0.4 is 10.6 Å². The van der Waals surface area contributed by atoms with E-state index in [2.05, 4.69) is 24.5 Å². The molecule has 31 heavy (non-hydrogen) atoms. The Morgan fingerprint density at radius 1 is 0.613 bits per heavy atom. The van der Waals surface area contributed by atoms with Crippen molar-refractivity contribution in [1.82, 2.24) is 10.6 Å². The molecule has 2 saturated carbocycles. The minimum absolute atomic E-state index is 0.492. The summed E-state index contributed by atoms with van der Waals surface area (Å²) in [6, 6.07) is 0. The van der Waals surface area contributed by atoms with Gasteiger partial charge in [0.2, 0.25) is 0 Å². The lowest BCUT2D eigenvalue weighted by atomic mass is 9.77. The average Bonchev–Trinajstić information content (AvgIpc) is 2.83. The van der Waals surface area contributed by atoms with E-state index in [0.717, 1.165) is 37.4 Å². The first kappa shape index (κ1) is 25.5. The van der Waals surface area contributed by atoms with Crippen LogP contribution in [0.4, 0.5) is 0 Å². The van der Waals surface area contributed by atoms with Crippen molar-refractivity contribution in [2.24, 2.45) is 17.8 Å². The number of hydrogen-bond donors (Lipinski definition) is 2. The Bertz CT molecular complexity index is 445. The Hall–Kier alpha value is -0.160. The van der Waals surface area contributed by atoms with Crippen molar-refractivity contribution in [2.45, 2.75) is 129 Å². The van der Waals surface area contributed by atoms with Gasteiger partial charge >= 0.3 is 0 Å². The summed E-state index contributed by atoms with van der Waals surface area (Å²) in [5.41, 5.74) is 0. The maximum atomic E-state index is 6.22. The molecule has 0 radical (unpaired) electrons.